The monoisotopic (exact) mass is 278 g/mol. The summed E-state index contributed by atoms with van der Waals surface area (Å²) in [7, 11) is 0. The van der Waals surface area contributed by atoms with Crippen LogP contribution in [0.4, 0.5) is 0 Å². The highest BCUT2D eigenvalue weighted by Gasteiger charge is 2.28. The molecule has 6 nitrogen and oxygen atoms in total. The molecule has 2 N–H and O–H groups in total. The zero-order valence-electron chi connectivity index (χ0n) is 11.4. The lowest BCUT2D eigenvalue weighted by atomic mass is 10.1. The fraction of sp³-hybridized carbons (Fsp3) is 0.429. The number of benzene rings is 1. The third-order valence-electron chi connectivity index (χ3n) is 3.05. The van der Waals surface area contributed by atoms with Gasteiger partial charge in [-0.15, -0.1) is 0 Å². The van der Waals surface area contributed by atoms with Crippen LogP contribution in [0.5, 0.6) is 5.75 Å². The molecule has 1 unspecified atom stereocenters. The molecule has 2 rings (SSSR count). The zero-order chi connectivity index (χ0) is 14.5. The number of hydrogen-bond donors (Lipinski definition) is 1. The highest BCUT2D eigenvalue weighted by atomic mass is 16.5. The highest BCUT2D eigenvalue weighted by molar-refractivity contribution is 5.98. The van der Waals surface area contributed by atoms with Crippen LogP contribution in [0, 0.1) is 0 Å². The number of amides is 2. The van der Waals surface area contributed by atoms with Crippen molar-refractivity contribution in [1.29, 1.82) is 0 Å². The largest absolute Gasteiger partial charge is 0.494 e. The first-order chi connectivity index (χ1) is 9.61. The van der Waals surface area contributed by atoms with Crippen molar-refractivity contribution in [2.45, 2.75) is 13.0 Å². The molecule has 0 aliphatic carbocycles. The van der Waals surface area contributed by atoms with Crippen molar-refractivity contribution in [2.75, 3.05) is 26.4 Å². The van der Waals surface area contributed by atoms with Crippen molar-refractivity contribution in [3.63, 3.8) is 0 Å². The van der Waals surface area contributed by atoms with Crippen LogP contribution in [0.2, 0.25) is 0 Å². The van der Waals surface area contributed by atoms with Gasteiger partial charge in [-0.3, -0.25) is 14.5 Å². The standard InChI is InChI=1S/C14H18N2O4/c1-2-20-11-5-3-10(4-6-11)12(15)7-16-13(17)8-19-9-14(16)18/h3-6,12H,2,7-9,15H2,1H3. The Morgan fingerprint density at radius 1 is 1.25 bits per heavy atom. The van der Waals surface area contributed by atoms with Crippen molar-refractivity contribution >= 4 is 11.8 Å². The van der Waals surface area contributed by atoms with Crippen LogP contribution in [0.15, 0.2) is 24.3 Å². The van der Waals surface area contributed by atoms with E-state index in [-0.39, 0.29) is 31.6 Å². The molecule has 2 amide bonds. The molecule has 1 atom stereocenters. The second-order valence-corrected chi connectivity index (χ2v) is 4.50. The molecule has 1 aliphatic heterocycles. The van der Waals surface area contributed by atoms with Crippen LogP contribution in [0.25, 0.3) is 0 Å². The predicted octanol–water partition coefficient (Wildman–Crippen LogP) is 0.470. The molecular weight excluding hydrogens is 260 g/mol. The summed E-state index contributed by atoms with van der Waals surface area (Å²) >= 11 is 0. The van der Waals surface area contributed by atoms with E-state index in [1.807, 2.05) is 31.2 Å². The minimum Gasteiger partial charge on any atom is -0.494 e. The molecule has 1 aromatic carbocycles. The molecule has 1 aliphatic rings. The van der Waals surface area contributed by atoms with Gasteiger partial charge in [0.05, 0.1) is 6.61 Å². The van der Waals surface area contributed by atoms with E-state index in [4.69, 9.17) is 15.2 Å². The number of rotatable bonds is 5. The van der Waals surface area contributed by atoms with Crippen LogP contribution in [0.3, 0.4) is 0 Å². The minimum atomic E-state index is -0.420. The Hall–Kier alpha value is -1.92. The van der Waals surface area contributed by atoms with Crippen molar-refractivity contribution in [1.82, 2.24) is 4.90 Å². The van der Waals surface area contributed by atoms with Gasteiger partial charge in [-0.1, -0.05) is 12.1 Å². The molecule has 0 saturated carbocycles. The van der Waals surface area contributed by atoms with Crippen molar-refractivity contribution in [3.05, 3.63) is 29.8 Å². The lowest BCUT2D eigenvalue weighted by molar-refractivity contribution is -0.158. The van der Waals surface area contributed by atoms with Crippen LogP contribution >= 0.6 is 0 Å². The molecule has 1 saturated heterocycles. The van der Waals surface area contributed by atoms with E-state index in [0.717, 1.165) is 16.2 Å². The molecule has 1 fully saturated rings. The summed E-state index contributed by atoms with van der Waals surface area (Å²) in [4.78, 5) is 24.4. The lowest BCUT2D eigenvalue weighted by Crippen LogP contribution is -2.48. The summed E-state index contributed by atoms with van der Waals surface area (Å²) < 4.78 is 10.2. The van der Waals surface area contributed by atoms with Gasteiger partial charge in [0.2, 0.25) is 0 Å². The Morgan fingerprint density at radius 2 is 1.85 bits per heavy atom. The van der Waals surface area contributed by atoms with E-state index in [1.54, 1.807) is 0 Å². The molecule has 6 heteroatoms. The summed E-state index contributed by atoms with van der Waals surface area (Å²) in [5.74, 6) is 0.0762. The number of carbonyl (C=O) groups excluding carboxylic acids is 2. The Morgan fingerprint density at radius 3 is 2.40 bits per heavy atom. The van der Waals surface area contributed by atoms with Crippen LogP contribution in [-0.2, 0) is 14.3 Å². The Kier molecular flexibility index (Phi) is 4.70. The summed E-state index contributed by atoms with van der Waals surface area (Å²) in [6, 6.07) is 6.90. The highest BCUT2D eigenvalue weighted by Crippen LogP contribution is 2.18. The first-order valence-electron chi connectivity index (χ1n) is 6.51. The quantitative estimate of drug-likeness (QED) is 0.792. The third-order valence-corrected chi connectivity index (χ3v) is 3.05. The molecule has 0 spiro atoms. The first kappa shape index (κ1) is 14.5. The SMILES string of the molecule is CCOc1ccc(C(N)CN2C(=O)COCC2=O)cc1. The fourth-order valence-electron chi connectivity index (χ4n) is 2.00. The van der Waals surface area contributed by atoms with E-state index < -0.39 is 6.04 Å². The van der Waals surface area contributed by atoms with Crippen molar-refractivity contribution in [3.8, 4) is 5.75 Å². The van der Waals surface area contributed by atoms with E-state index in [9.17, 15) is 9.59 Å². The molecule has 20 heavy (non-hydrogen) atoms. The number of hydrogen-bond acceptors (Lipinski definition) is 5. The number of morpholine rings is 1. The third kappa shape index (κ3) is 3.34. The van der Waals surface area contributed by atoms with Crippen LogP contribution in [-0.4, -0.2) is 43.1 Å². The second kappa shape index (κ2) is 6.49. The summed E-state index contributed by atoms with van der Waals surface area (Å²) in [6.45, 7) is 2.54. The van der Waals surface area contributed by atoms with Gasteiger partial charge in [0.15, 0.2) is 0 Å². The maximum atomic E-state index is 11.6. The number of carbonyl (C=O) groups is 2. The number of ether oxygens (including phenoxy) is 2. The average molecular weight is 278 g/mol. The van der Waals surface area contributed by atoms with Crippen molar-refractivity contribution < 1.29 is 19.1 Å². The maximum absolute atomic E-state index is 11.6. The Bertz CT molecular complexity index is 470. The fourth-order valence-corrected chi connectivity index (χ4v) is 2.00. The van der Waals surface area contributed by atoms with Gasteiger partial charge in [-0.2, -0.15) is 0 Å². The number of imide groups is 1. The van der Waals surface area contributed by atoms with E-state index >= 15 is 0 Å². The molecular formula is C14H18N2O4. The van der Waals surface area contributed by atoms with Gasteiger partial charge in [0, 0.05) is 12.6 Å². The Balaban J connectivity index is 2.01. The van der Waals surface area contributed by atoms with Gasteiger partial charge < -0.3 is 15.2 Å². The van der Waals surface area contributed by atoms with E-state index in [0.29, 0.717) is 6.61 Å². The summed E-state index contributed by atoms with van der Waals surface area (Å²) in [6.07, 6.45) is 0. The molecule has 1 aromatic rings. The van der Waals surface area contributed by atoms with E-state index in [1.165, 1.54) is 0 Å². The minimum absolute atomic E-state index is 0.0677. The number of nitrogens with zero attached hydrogens (tertiary/aromatic N) is 1. The summed E-state index contributed by atoms with van der Waals surface area (Å²) in [5, 5.41) is 0. The molecule has 0 bridgehead atoms. The number of nitrogens with two attached hydrogens (primary N) is 1. The topological polar surface area (TPSA) is 81.9 Å². The predicted molar refractivity (Wildman–Crippen MR) is 72.1 cm³/mol. The van der Waals surface area contributed by atoms with Crippen molar-refractivity contribution in [2.24, 2.45) is 5.73 Å². The van der Waals surface area contributed by atoms with Crippen LogP contribution in [0.1, 0.15) is 18.5 Å². The molecule has 108 valence electrons. The lowest BCUT2D eigenvalue weighted by Gasteiger charge is -2.27. The smallest absolute Gasteiger partial charge is 0.255 e. The Labute approximate surface area is 117 Å². The molecule has 0 radical (unpaired) electrons. The van der Waals surface area contributed by atoms with Gasteiger partial charge >= 0.3 is 0 Å². The van der Waals surface area contributed by atoms with E-state index in [2.05, 4.69) is 0 Å². The molecule has 1 heterocycles. The van der Waals surface area contributed by atoms with Gasteiger partial charge in [-0.25, -0.2) is 0 Å². The zero-order valence-corrected chi connectivity index (χ0v) is 11.4. The van der Waals surface area contributed by atoms with Gasteiger partial charge in [0.1, 0.15) is 19.0 Å². The second-order valence-electron chi connectivity index (χ2n) is 4.50. The maximum Gasteiger partial charge on any atom is 0.255 e. The van der Waals surface area contributed by atoms with Crippen LogP contribution < -0.4 is 10.5 Å². The summed E-state index contributed by atoms with van der Waals surface area (Å²) in [5.41, 5.74) is 6.89. The average Bonchev–Trinajstić information content (AvgIpc) is 2.44. The molecule has 0 aromatic heterocycles. The normalized spacial score (nSPS) is 17.2. The first-order valence-corrected chi connectivity index (χ1v) is 6.51. The van der Waals surface area contributed by atoms with Gasteiger partial charge in [0.25, 0.3) is 11.8 Å². The van der Waals surface area contributed by atoms with Gasteiger partial charge in [-0.05, 0) is 24.6 Å².